The second-order valence-corrected chi connectivity index (χ2v) is 4.85. The molecule has 0 spiro atoms. The second kappa shape index (κ2) is 7.67. The third-order valence-electron chi connectivity index (χ3n) is 3.18. The maximum Gasteiger partial charge on any atom is 0.239 e. The SMILES string of the molecule is CCC(CC)NC(=O)CNc1ccccc1N(C)C. The van der Waals surface area contributed by atoms with E-state index in [1.165, 1.54) is 0 Å². The Morgan fingerprint density at radius 1 is 1.21 bits per heavy atom. The van der Waals surface area contributed by atoms with Crippen molar-refractivity contribution in [2.24, 2.45) is 0 Å². The highest BCUT2D eigenvalue weighted by molar-refractivity contribution is 5.82. The average molecular weight is 263 g/mol. The van der Waals surface area contributed by atoms with E-state index in [1.54, 1.807) is 0 Å². The summed E-state index contributed by atoms with van der Waals surface area (Å²) in [4.78, 5) is 13.9. The number of nitrogens with one attached hydrogen (secondary N) is 2. The molecule has 0 aromatic heterocycles. The minimum Gasteiger partial charge on any atom is -0.376 e. The Bertz CT molecular complexity index is 400. The summed E-state index contributed by atoms with van der Waals surface area (Å²) < 4.78 is 0. The molecule has 0 fully saturated rings. The van der Waals surface area contributed by atoms with Crippen LogP contribution in [0.15, 0.2) is 24.3 Å². The maximum absolute atomic E-state index is 11.8. The van der Waals surface area contributed by atoms with Gasteiger partial charge in [0.2, 0.25) is 5.91 Å². The van der Waals surface area contributed by atoms with Crippen LogP contribution in [0.2, 0.25) is 0 Å². The van der Waals surface area contributed by atoms with Crippen LogP contribution in [0.4, 0.5) is 11.4 Å². The van der Waals surface area contributed by atoms with Gasteiger partial charge in [0.05, 0.1) is 17.9 Å². The third kappa shape index (κ3) is 4.81. The molecular weight excluding hydrogens is 238 g/mol. The topological polar surface area (TPSA) is 44.4 Å². The lowest BCUT2D eigenvalue weighted by Crippen LogP contribution is -2.37. The Labute approximate surface area is 116 Å². The van der Waals surface area contributed by atoms with Crippen molar-refractivity contribution in [3.63, 3.8) is 0 Å². The van der Waals surface area contributed by atoms with Crippen LogP contribution in [0.1, 0.15) is 26.7 Å². The number of hydrogen-bond donors (Lipinski definition) is 2. The molecule has 1 aromatic carbocycles. The van der Waals surface area contributed by atoms with Gasteiger partial charge in [0.25, 0.3) is 0 Å². The van der Waals surface area contributed by atoms with Crippen LogP contribution in [0, 0.1) is 0 Å². The van der Waals surface area contributed by atoms with Gasteiger partial charge in [-0.3, -0.25) is 4.79 Å². The summed E-state index contributed by atoms with van der Waals surface area (Å²) in [6, 6.07) is 8.25. The van der Waals surface area contributed by atoms with Crippen molar-refractivity contribution in [1.82, 2.24) is 5.32 Å². The van der Waals surface area contributed by atoms with E-state index in [4.69, 9.17) is 0 Å². The maximum atomic E-state index is 11.8. The molecule has 106 valence electrons. The largest absolute Gasteiger partial charge is 0.376 e. The minimum absolute atomic E-state index is 0.0438. The molecule has 0 bridgehead atoms. The number of hydrogen-bond acceptors (Lipinski definition) is 3. The van der Waals surface area contributed by atoms with E-state index in [-0.39, 0.29) is 11.9 Å². The number of anilines is 2. The zero-order valence-electron chi connectivity index (χ0n) is 12.4. The fourth-order valence-electron chi connectivity index (χ4n) is 1.96. The van der Waals surface area contributed by atoms with Crippen LogP contribution in [0.25, 0.3) is 0 Å². The van der Waals surface area contributed by atoms with E-state index in [9.17, 15) is 4.79 Å². The van der Waals surface area contributed by atoms with E-state index in [2.05, 4.69) is 24.5 Å². The highest BCUT2D eigenvalue weighted by Crippen LogP contribution is 2.22. The Morgan fingerprint density at radius 3 is 2.42 bits per heavy atom. The van der Waals surface area contributed by atoms with Gasteiger partial charge < -0.3 is 15.5 Å². The van der Waals surface area contributed by atoms with E-state index in [1.807, 2.05) is 43.3 Å². The Balaban J connectivity index is 2.55. The van der Waals surface area contributed by atoms with E-state index >= 15 is 0 Å². The highest BCUT2D eigenvalue weighted by atomic mass is 16.1. The number of carbonyl (C=O) groups is 1. The number of benzene rings is 1. The summed E-state index contributed by atoms with van der Waals surface area (Å²) in [6.07, 6.45) is 1.94. The van der Waals surface area contributed by atoms with Gasteiger partial charge in [-0.15, -0.1) is 0 Å². The highest BCUT2D eigenvalue weighted by Gasteiger charge is 2.09. The number of rotatable bonds is 7. The Kier molecular flexibility index (Phi) is 6.19. The Morgan fingerprint density at radius 2 is 1.84 bits per heavy atom. The zero-order valence-corrected chi connectivity index (χ0v) is 12.4. The van der Waals surface area contributed by atoms with Crippen molar-refractivity contribution in [2.75, 3.05) is 30.9 Å². The first-order valence-electron chi connectivity index (χ1n) is 6.88. The zero-order chi connectivity index (χ0) is 14.3. The summed E-state index contributed by atoms with van der Waals surface area (Å²) in [5.41, 5.74) is 2.06. The predicted octanol–water partition coefficient (Wildman–Crippen LogP) is 2.47. The van der Waals surface area contributed by atoms with Gasteiger partial charge in [0.1, 0.15) is 0 Å². The molecule has 0 saturated heterocycles. The number of para-hydroxylation sites is 2. The fourth-order valence-corrected chi connectivity index (χ4v) is 1.96. The molecule has 0 radical (unpaired) electrons. The average Bonchev–Trinajstić information content (AvgIpc) is 2.42. The number of nitrogens with zero attached hydrogens (tertiary/aromatic N) is 1. The van der Waals surface area contributed by atoms with Crippen LogP contribution in [-0.2, 0) is 4.79 Å². The molecule has 2 N–H and O–H groups in total. The quantitative estimate of drug-likeness (QED) is 0.794. The van der Waals surface area contributed by atoms with Crippen molar-refractivity contribution >= 4 is 17.3 Å². The molecule has 4 heteroatoms. The van der Waals surface area contributed by atoms with Crippen molar-refractivity contribution in [3.8, 4) is 0 Å². The van der Waals surface area contributed by atoms with Crippen LogP contribution < -0.4 is 15.5 Å². The van der Waals surface area contributed by atoms with Crippen molar-refractivity contribution in [3.05, 3.63) is 24.3 Å². The lowest BCUT2D eigenvalue weighted by atomic mass is 10.2. The number of amides is 1. The minimum atomic E-state index is 0.0438. The van der Waals surface area contributed by atoms with Crippen LogP contribution in [0.5, 0.6) is 0 Å². The first kappa shape index (κ1) is 15.3. The molecule has 0 aliphatic rings. The van der Waals surface area contributed by atoms with Gasteiger partial charge in [0, 0.05) is 20.1 Å². The summed E-state index contributed by atoms with van der Waals surface area (Å²) >= 11 is 0. The lowest BCUT2D eigenvalue weighted by molar-refractivity contribution is -0.120. The van der Waals surface area contributed by atoms with Crippen molar-refractivity contribution < 1.29 is 4.79 Å². The molecule has 0 atom stereocenters. The van der Waals surface area contributed by atoms with Crippen LogP contribution in [-0.4, -0.2) is 32.6 Å². The van der Waals surface area contributed by atoms with Gasteiger partial charge in [-0.1, -0.05) is 26.0 Å². The molecule has 4 nitrogen and oxygen atoms in total. The summed E-state index contributed by atoms with van der Waals surface area (Å²) in [7, 11) is 3.98. The van der Waals surface area contributed by atoms with Gasteiger partial charge in [-0.25, -0.2) is 0 Å². The molecule has 1 rings (SSSR count). The Hall–Kier alpha value is -1.71. The smallest absolute Gasteiger partial charge is 0.239 e. The molecule has 0 saturated carbocycles. The molecule has 1 amide bonds. The summed E-state index contributed by atoms with van der Waals surface area (Å²) in [5, 5.41) is 6.21. The fraction of sp³-hybridized carbons (Fsp3) is 0.533. The van der Waals surface area contributed by atoms with Gasteiger partial charge in [0.15, 0.2) is 0 Å². The molecule has 0 heterocycles. The summed E-state index contributed by atoms with van der Waals surface area (Å²) in [6.45, 7) is 4.48. The normalized spacial score (nSPS) is 10.4. The predicted molar refractivity (Wildman–Crippen MR) is 81.8 cm³/mol. The third-order valence-corrected chi connectivity index (χ3v) is 3.18. The number of carbonyl (C=O) groups excluding carboxylic acids is 1. The monoisotopic (exact) mass is 263 g/mol. The van der Waals surface area contributed by atoms with Crippen LogP contribution in [0.3, 0.4) is 0 Å². The summed E-state index contributed by atoms with van der Waals surface area (Å²) in [5.74, 6) is 0.0438. The van der Waals surface area contributed by atoms with Crippen molar-refractivity contribution in [1.29, 1.82) is 0 Å². The van der Waals surface area contributed by atoms with E-state index in [0.717, 1.165) is 24.2 Å². The van der Waals surface area contributed by atoms with Crippen molar-refractivity contribution in [2.45, 2.75) is 32.7 Å². The molecule has 0 unspecified atom stereocenters. The molecule has 1 aromatic rings. The van der Waals surface area contributed by atoms with E-state index in [0.29, 0.717) is 6.54 Å². The van der Waals surface area contributed by atoms with Gasteiger partial charge >= 0.3 is 0 Å². The van der Waals surface area contributed by atoms with E-state index < -0.39 is 0 Å². The molecule has 19 heavy (non-hydrogen) atoms. The first-order valence-corrected chi connectivity index (χ1v) is 6.88. The van der Waals surface area contributed by atoms with Gasteiger partial charge in [-0.2, -0.15) is 0 Å². The molecular formula is C15H25N3O. The standard InChI is InChI=1S/C15H25N3O/c1-5-12(6-2)17-15(19)11-16-13-9-7-8-10-14(13)18(3)4/h7-10,12,16H,5-6,11H2,1-4H3,(H,17,19). The van der Waals surface area contributed by atoms with Gasteiger partial charge in [-0.05, 0) is 25.0 Å². The van der Waals surface area contributed by atoms with Crippen LogP contribution >= 0.6 is 0 Å². The molecule has 0 aliphatic carbocycles. The molecule has 0 aliphatic heterocycles. The first-order chi connectivity index (χ1) is 9.08. The second-order valence-electron chi connectivity index (χ2n) is 4.85. The lowest BCUT2D eigenvalue weighted by Gasteiger charge is -2.19.